The minimum Gasteiger partial charge on any atom is -0.356 e. The summed E-state index contributed by atoms with van der Waals surface area (Å²) < 4.78 is 0. The first kappa shape index (κ1) is 10.9. The molecule has 2 aliphatic rings. The van der Waals surface area contributed by atoms with E-state index in [2.05, 4.69) is 35.8 Å². The van der Waals surface area contributed by atoms with Gasteiger partial charge in [-0.25, -0.2) is 4.98 Å². The summed E-state index contributed by atoms with van der Waals surface area (Å²) in [7, 11) is 0. The van der Waals surface area contributed by atoms with E-state index in [1.807, 2.05) is 0 Å². The van der Waals surface area contributed by atoms with Crippen LogP contribution in [0.15, 0.2) is 12.1 Å². The van der Waals surface area contributed by atoms with Crippen LogP contribution in [0.2, 0.25) is 0 Å². The van der Waals surface area contributed by atoms with Crippen molar-refractivity contribution in [1.82, 2.24) is 4.98 Å². The topological polar surface area (TPSA) is 19.4 Å². The first-order valence-corrected chi connectivity index (χ1v) is 6.76. The summed E-state index contributed by atoms with van der Waals surface area (Å²) in [4.78, 5) is 9.58. The van der Waals surface area contributed by atoms with E-state index in [0.29, 0.717) is 5.92 Å². The van der Waals surface area contributed by atoms with Gasteiger partial charge in [0.2, 0.25) is 0 Å². The largest absolute Gasteiger partial charge is 0.356 e. The number of aromatic nitrogens is 1. The highest BCUT2D eigenvalue weighted by molar-refractivity contribution is 5.54. The standard InChI is InChI=1S/C14H21N3/c1-11(2)12-9-13(16-5-3-6-16)15-14(10-12)17-7-4-8-17/h9-11H,3-8H2,1-2H3. The SMILES string of the molecule is CC(C)c1cc(N2CCC2)nc(N2CCC2)c1. The van der Waals surface area contributed by atoms with Gasteiger partial charge in [-0.05, 0) is 36.5 Å². The van der Waals surface area contributed by atoms with Crippen LogP contribution in [-0.2, 0) is 0 Å². The molecule has 2 aliphatic heterocycles. The second kappa shape index (κ2) is 4.21. The third-order valence-corrected chi connectivity index (χ3v) is 3.85. The molecule has 0 N–H and O–H groups in total. The molecule has 17 heavy (non-hydrogen) atoms. The van der Waals surface area contributed by atoms with E-state index in [0.717, 1.165) is 0 Å². The van der Waals surface area contributed by atoms with Gasteiger partial charge < -0.3 is 9.80 Å². The summed E-state index contributed by atoms with van der Waals surface area (Å²) >= 11 is 0. The molecule has 3 heteroatoms. The zero-order valence-electron chi connectivity index (χ0n) is 10.8. The van der Waals surface area contributed by atoms with Crippen molar-refractivity contribution in [2.75, 3.05) is 36.0 Å². The molecular weight excluding hydrogens is 210 g/mol. The van der Waals surface area contributed by atoms with Crippen LogP contribution in [0.5, 0.6) is 0 Å². The molecule has 1 aromatic heterocycles. The maximum absolute atomic E-state index is 4.81. The molecule has 0 saturated carbocycles. The molecule has 0 atom stereocenters. The number of hydrogen-bond acceptors (Lipinski definition) is 3. The normalized spacial score (nSPS) is 19.2. The van der Waals surface area contributed by atoms with E-state index in [4.69, 9.17) is 4.98 Å². The van der Waals surface area contributed by atoms with Crippen molar-refractivity contribution >= 4 is 11.6 Å². The molecule has 0 amide bonds. The van der Waals surface area contributed by atoms with Gasteiger partial charge in [-0.2, -0.15) is 0 Å². The Kier molecular flexibility index (Phi) is 2.69. The average Bonchev–Trinajstić information content (AvgIpc) is 2.11. The zero-order chi connectivity index (χ0) is 11.8. The summed E-state index contributed by atoms with van der Waals surface area (Å²) in [5, 5.41) is 0. The third-order valence-electron chi connectivity index (χ3n) is 3.85. The lowest BCUT2D eigenvalue weighted by Gasteiger charge is -2.36. The fraction of sp³-hybridized carbons (Fsp3) is 0.643. The Hall–Kier alpha value is -1.25. The summed E-state index contributed by atoms with van der Waals surface area (Å²) in [6.45, 7) is 9.22. The lowest BCUT2D eigenvalue weighted by molar-refractivity contribution is 0.594. The molecule has 0 bridgehead atoms. The van der Waals surface area contributed by atoms with Gasteiger partial charge in [-0.15, -0.1) is 0 Å². The molecule has 0 aromatic carbocycles. The molecule has 0 radical (unpaired) electrons. The van der Waals surface area contributed by atoms with Crippen molar-refractivity contribution < 1.29 is 0 Å². The fourth-order valence-corrected chi connectivity index (χ4v) is 2.27. The Morgan fingerprint density at radius 3 is 1.71 bits per heavy atom. The van der Waals surface area contributed by atoms with Gasteiger partial charge in [0.05, 0.1) is 0 Å². The van der Waals surface area contributed by atoms with Crippen LogP contribution in [0.4, 0.5) is 11.6 Å². The zero-order valence-corrected chi connectivity index (χ0v) is 10.8. The molecule has 3 rings (SSSR count). The van der Waals surface area contributed by atoms with Crippen LogP contribution >= 0.6 is 0 Å². The van der Waals surface area contributed by atoms with Crippen molar-refractivity contribution in [1.29, 1.82) is 0 Å². The second-order valence-electron chi connectivity index (χ2n) is 5.45. The number of pyridine rings is 1. The predicted octanol–water partition coefficient (Wildman–Crippen LogP) is 2.63. The molecule has 0 spiro atoms. The van der Waals surface area contributed by atoms with Crippen LogP contribution in [0.3, 0.4) is 0 Å². The van der Waals surface area contributed by atoms with E-state index >= 15 is 0 Å². The van der Waals surface area contributed by atoms with Gasteiger partial charge in [-0.3, -0.25) is 0 Å². The van der Waals surface area contributed by atoms with E-state index in [-0.39, 0.29) is 0 Å². The van der Waals surface area contributed by atoms with Gasteiger partial charge in [-0.1, -0.05) is 13.8 Å². The molecule has 0 unspecified atom stereocenters. The van der Waals surface area contributed by atoms with E-state index < -0.39 is 0 Å². The Bertz CT molecular complexity index is 374. The first-order chi connectivity index (χ1) is 8.24. The van der Waals surface area contributed by atoms with Gasteiger partial charge in [0.15, 0.2) is 0 Å². The highest BCUT2D eigenvalue weighted by Crippen LogP contribution is 2.29. The third kappa shape index (κ3) is 1.99. The first-order valence-electron chi connectivity index (χ1n) is 6.76. The highest BCUT2D eigenvalue weighted by atomic mass is 15.3. The molecule has 3 nitrogen and oxygen atoms in total. The predicted molar refractivity (Wildman–Crippen MR) is 72.0 cm³/mol. The van der Waals surface area contributed by atoms with Gasteiger partial charge >= 0.3 is 0 Å². The number of anilines is 2. The van der Waals surface area contributed by atoms with Crippen molar-refractivity contribution in [3.05, 3.63) is 17.7 Å². The average molecular weight is 231 g/mol. The quantitative estimate of drug-likeness (QED) is 0.797. The molecule has 92 valence electrons. The van der Waals surface area contributed by atoms with Gasteiger partial charge in [0.25, 0.3) is 0 Å². The number of hydrogen-bond donors (Lipinski definition) is 0. The highest BCUT2D eigenvalue weighted by Gasteiger charge is 2.21. The summed E-state index contributed by atoms with van der Waals surface area (Å²) in [6.07, 6.45) is 2.62. The van der Waals surface area contributed by atoms with Crippen molar-refractivity contribution in [2.45, 2.75) is 32.6 Å². The number of rotatable bonds is 3. The molecule has 3 heterocycles. The van der Waals surface area contributed by atoms with E-state index in [1.54, 1.807) is 0 Å². The van der Waals surface area contributed by atoms with Crippen molar-refractivity contribution in [2.24, 2.45) is 0 Å². The Labute approximate surface area is 103 Å². The van der Waals surface area contributed by atoms with E-state index in [9.17, 15) is 0 Å². The lowest BCUT2D eigenvalue weighted by Crippen LogP contribution is -2.40. The van der Waals surface area contributed by atoms with Gasteiger partial charge in [0.1, 0.15) is 11.6 Å². The fourth-order valence-electron chi connectivity index (χ4n) is 2.27. The van der Waals surface area contributed by atoms with Crippen LogP contribution in [-0.4, -0.2) is 31.2 Å². The maximum atomic E-state index is 4.81. The summed E-state index contributed by atoms with van der Waals surface area (Å²) in [6, 6.07) is 4.54. The monoisotopic (exact) mass is 231 g/mol. The van der Waals surface area contributed by atoms with Crippen molar-refractivity contribution in [3.8, 4) is 0 Å². The Balaban J connectivity index is 1.93. The minimum atomic E-state index is 0.582. The summed E-state index contributed by atoms with van der Waals surface area (Å²) in [5.74, 6) is 2.95. The molecule has 2 fully saturated rings. The second-order valence-corrected chi connectivity index (χ2v) is 5.45. The minimum absolute atomic E-state index is 0.582. The lowest BCUT2D eigenvalue weighted by atomic mass is 10.0. The Morgan fingerprint density at radius 2 is 1.41 bits per heavy atom. The summed E-state index contributed by atoms with van der Waals surface area (Å²) in [5.41, 5.74) is 1.42. The van der Waals surface area contributed by atoms with Crippen LogP contribution in [0.1, 0.15) is 38.2 Å². The van der Waals surface area contributed by atoms with Crippen LogP contribution < -0.4 is 9.80 Å². The van der Waals surface area contributed by atoms with Crippen molar-refractivity contribution in [3.63, 3.8) is 0 Å². The molecule has 1 aromatic rings. The maximum Gasteiger partial charge on any atom is 0.131 e. The number of nitrogens with zero attached hydrogens (tertiary/aromatic N) is 3. The van der Waals surface area contributed by atoms with E-state index in [1.165, 1.54) is 56.2 Å². The van der Waals surface area contributed by atoms with Gasteiger partial charge in [0, 0.05) is 26.2 Å². The molecular formula is C14H21N3. The Morgan fingerprint density at radius 1 is 0.941 bits per heavy atom. The van der Waals surface area contributed by atoms with Crippen LogP contribution in [0, 0.1) is 0 Å². The van der Waals surface area contributed by atoms with Crippen LogP contribution in [0.25, 0.3) is 0 Å². The molecule has 2 saturated heterocycles. The molecule has 0 aliphatic carbocycles. The smallest absolute Gasteiger partial charge is 0.131 e.